The van der Waals surface area contributed by atoms with Crippen LogP contribution in [0, 0.1) is 0 Å². The molecule has 3 heteroatoms. The zero-order valence-electron chi connectivity index (χ0n) is 26.6. The Morgan fingerprint density at radius 2 is 1.04 bits per heavy atom. The molecule has 0 bridgehead atoms. The van der Waals surface area contributed by atoms with Crippen molar-refractivity contribution in [3.63, 3.8) is 0 Å². The number of anilines is 2. The first-order chi connectivity index (χ1) is 24.3. The average Bonchev–Trinajstić information content (AvgIpc) is 3.70. The molecule has 0 aliphatic carbocycles. The molecule has 10 rings (SSSR count). The van der Waals surface area contributed by atoms with Crippen LogP contribution in [-0.4, -0.2) is 4.57 Å². The van der Waals surface area contributed by atoms with Crippen LogP contribution in [0.2, 0.25) is 0 Å². The van der Waals surface area contributed by atoms with Crippen molar-refractivity contribution >= 4 is 65.9 Å². The third kappa shape index (κ3) is 4.51. The highest BCUT2D eigenvalue weighted by Crippen LogP contribution is 2.41. The summed E-state index contributed by atoms with van der Waals surface area (Å²) in [4.78, 5) is 0. The molecule has 3 nitrogen and oxygen atoms in total. The van der Waals surface area contributed by atoms with Crippen molar-refractivity contribution in [2.24, 2.45) is 0 Å². The van der Waals surface area contributed by atoms with Gasteiger partial charge in [0.05, 0.1) is 11.0 Å². The molecule has 0 spiro atoms. The molecule has 0 aliphatic rings. The van der Waals surface area contributed by atoms with Gasteiger partial charge in [-0.15, -0.1) is 0 Å². The van der Waals surface area contributed by atoms with Crippen molar-refractivity contribution in [3.05, 3.63) is 176 Å². The van der Waals surface area contributed by atoms with Gasteiger partial charge in [0.2, 0.25) is 0 Å². The Morgan fingerprint density at radius 1 is 0.388 bits per heavy atom. The number of furan rings is 1. The van der Waals surface area contributed by atoms with Gasteiger partial charge in [-0.05, 0) is 88.8 Å². The molecule has 230 valence electrons. The van der Waals surface area contributed by atoms with E-state index in [9.17, 15) is 0 Å². The van der Waals surface area contributed by atoms with Gasteiger partial charge in [-0.2, -0.15) is 0 Å². The van der Waals surface area contributed by atoms with E-state index in [2.05, 4.69) is 174 Å². The van der Waals surface area contributed by atoms with Crippen molar-refractivity contribution in [3.8, 4) is 27.9 Å². The van der Waals surface area contributed by atoms with Gasteiger partial charge in [0.15, 0.2) is 0 Å². The molecule has 1 N–H and O–H groups in total. The van der Waals surface area contributed by atoms with Crippen LogP contribution in [0.5, 0.6) is 0 Å². The number of nitrogens with one attached hydrogen (secondary N) is 1. The van der Waals surface area contributed by atoms with Gasteiger partial charge in [0.1, 0.15) is 11.2 Å². The first kappa shape index (κ1) is 27.5. The number of benzene rings is 8. The topological polar surface area (TPSA) is 30.1 Å². The normalized spacial score (nSPS) is 11.7. The lowest BCUT2D eigenvalue weighted by molar-refractivity contribution is 0.669. The zero-order valence-corrected chi connectivity index (χ0v) is 26.6. The molecular weight excluding hydrogens is 597 g/mol. The van der Waals surface area contributed by atoms with Crippen LogP contribution >= 0.6 is 0 Å². The van der Waals surface area contributed by atoms with Crippen molar-refractivity contribution in [1.82, 2.24) is 4.57 Å². The van der Waals surface area contributed by atoms with Gasteiger partial charge in [0.25, 0.3) is 0 Å². The Hall–Kier alpha value is -6.58. The van der Waals surface area contributed by atoms with Crippen LogP contribution in [0.15, 0.2) is 180 Å². The number of hydrogen-bond acceptors (Lipinski definition) is 2. The summed E-state index contributed by atoms with van der Waals surface area (Å²) in [5, 5.41) is 10.9. The third-order valence-corrected chi connectivity index (χ3v) is 9.79. The average molecular weight is 627 g/mol. The Kier molecular flexibility index (Phi) is 6.18. The minimum Gasteiger partial charge on any atom is -0.456 e. The summed E-state index contributed by atoms with van der Waals surface area (Å²) in [7, 11) is 0. The van der Waals surface area contributed by atoms with Crippen molar-refractivity contribution in [1.29, 1.82) is 0 Å². The van der Waals surface area contributed by atoms with Crippen LogP contribution in [0.1, 0.15) is 0 Å². The Labute approximate surface area is 283 Å². The van der Waals surface area contributed by atoms with E-state index in [0.717, 1.165) is 55.7 Å². The lowest BCUT2D eigenvalue weighted by Crippen LogP contribution is -1.95. The number of rotatable bonds is 5. The Morgan fingerprint density at radius 3 is 1.96 bits per heavy atom. The summed E-state index contributed by atoms with van der Waals surface area (Å²) in [6.07, 6.45) is 0. The monoisotopic (exact) mass is 626 g/mol. The van der Waals surface area contributed by atoms with Gasteiger partial charge < -0.3 is 14.3 Å². The summed E-state index contributed by atoms with van der Waals surface area (Å²) in [6.45, 7) is 0. The van der Waals surface area contributed by atoms with Crippen LogP contribution < -0.4 is 5.32 Å². The number of para-hydroxylation sites is 3. The van der Waals surface area contributed by atoms with E-state index < -0.39 is 0 Å². The summed E-state index contributed by atoms with van der Waals surface area (Å²) in [6, 6.07) is 62.7. The highest BCUT2D eigenvalue weighted by atomic mass is 16.3. The number of hydrogen-bond donors (Lipinski definition) is 1. The van der Waals surface area contributed by atoms with E-state index >= 15 is 0 Å². The second-order valence-corrected chi connectivity index (χ2v) is 12.6. The molecule has 0 fully saturated rings. The summed E-state index contributed by atoms with van der Waals surface area (Å²) < 4.78 is 8.57. The molecule has 10 aromatic rings. The van der Waals surface area contributed by atoms with E-state index in [-0.39, 0.29) is 0 Å². The van der Waals surface area contributed by atoms with Gasteiger partial charge in [0, 0.05) is 49.6 Å². The lowest BCUT2D eigenvalue weighted by atomic mass is 9.95. The van der Waals surface area contributed by atoms with Gasteiger partial charge in [-0.25, -0.2) is 0 Å². The molecule has 0 saturated carbocycles. The first-order valence-corrected chi connectivity index (χ1v) is 16.7. The number of nitrogens with zero attached hydrogens (tertiary/aromatic N) is 1. The molecule has 0 aliphatic heterocycles. The highest BCUT2D eigenvalue weighted by molar-refractivity contribution is 6.11. The van der Waals surface area contributed by atoms with E-state index in [1.54, 1.807) is 0 Å². The molecule has 49 heavy (non-hydrogen) atoms. The molecule has 0 atom stereocenters. The molecule has 0 saturated heterocycles. The van der Waals surface area contributed by atoms with Gasteiger partial charge in [-0.3, -0.25) is 0 Å². The highest BCUT2D eigenvalue weighted by Gasteiger charge is 2.16. The fourth-order valence-electron chi connectivity index (χ4n) is 7.45. The van der Waals surface area contributed by atoms with Gasteiger partial charge in [-0.1, -0.05) is 109 Å². The maximum absolute atomic E-state index is 6.20. The Bertz CT molecular complexity index is 2850. The van der Waals surface area contributed by atoms with Crippen molar-refractivity contribution < 1.29 is 4.42 Å². The third-order valence-electron chi connectivity index (χ3n) is 9.79. The van der Waals surface area contributed by atoms with E-state index in [1.165, 1.54) is 38.1 Å². The molecular formula is C46H30N2O. The number of aromatic nitrogens is 1. The first-order valence-electron chi connectivity index (χ1n) is 16.7. The van der Waals surface area contributed by atoms with E-state index in [1.807, 2.05) is 12.1 Å². The zero-order chi connectivity index (χ0) is 32.3. The second-order valence-electron chi connectivity index (χ2n) is 12.6. The summed E-state index contributed by atoms with van der Waals surface area (Å²) in [5.41, 5.74) is 12.1. The minimum atomic E-state index is 0.893. The van der Waals surface area contributed by atoms with Crippen LogP contribution in [0.4, 0.5) is 11.4 Å². The summed E-state index contributed by atoms with van der Waals surface area (Å²) >= 11 is 0. The second kappa shape index (κ2) is 11.0. The Balaban J connectivity index is 1.17. The number of fused-ring (bicyclic) bond motifs is 7. The lowest BCUT2D eigenvalue weighted by Gasteiger charge is -2.16. The largest absolute Gasteiger partial charge is 0.456 e. The molecule has 0 radical (unpaired) electrons. The van der Waals surface area contributed by atoms with Crippen molar-refractivity contribution in [2.75, 3.05) is 5.32 Å². The fraction of sp³-hybridized carbons (Fsp3) is 0. The smallest absolute Gasteiger partial charge is 0.135 e. The quantitative estimate of drug-likeness (QED) is 0.206. The minimum absolute atomic E-state index is 0.893. The molecule has 0 unspecified atom stereocenters. The molecule has 8 aromatic carbocycles. The molecule has 2 aromatic heterocycles. The maximum Gasteiger partial charge on any atom is 0.135 e. The maximum atomic E-state index is 6.20. The molecule has 0 amide bonds. The van der Waals surface area contributed by atoms with Crippen LogP contribution in [0.25, 0.3) is 82.5 Å². The molecule has 2 heterocycles. The van der Waals surface area contributed by atoms with Crippen molar-refractivity contribution in [2.45, 2.75) is 0 Å². The standard InChI is InChI=1S/C46H30N2O/c1-2-13-34(14-3-1)48-43-19-8-6-16-36(43)39-28-32(22-25-44(39)48)31-21-24-42(47-41-18-10-12-30-11-4-5-15-35(30)41)38(27-31)33-23-26-46-40(29-33)37-17-7-9-20-45(37)49-46/h1-29,47H. The summed E-state index contributed by atoms with van der Waals surface area (Å²) in [5.74, 6) is 0. The predicted molar refractivity (Wildman–Crippen MR) is 206 cm³/mol. The van der Waals surface area contributed by atoms with Crippen LogP contribution in [0.3, 0.4) is 0 Å². The predicted octanol–water partition coefficient (Wildman–Crippen LogP) is 12.9. The van der Waals surface area contributed by atoms with E-state index in [4.69, 9.17) is 4.42 Å². The fourth-order valence-corrected chi connectivity index (χ4v) is 7.45. The van der Waals surface area contributed by atoms with Crippen LogP contribution in [-0.2, 0) is 0 Å². The van der Waals surface area contributed by atoms with Gasteiger partial charge >= 0.3 is 0 Å². The van der Waals surface area contributed by atoms with E-state index in [0.29, 0.717) is 0 Å². The SMILES string of the molecule is c1ccc(-n2c3ccccc3c3cc(-c4ccc(Nc5cccc6ccccc56)c(-c5ccc6oc7ccccc7c6c5)c4)ccc32)cc1.